The molecule has 0 bridgehead atoms. The van der Waals surface area contributed by atoms with Gasteiger partial charge in [-0.1, -0.05) is 17.8 Å². The Labute approximate surface area is 140 Å². The van der Waals surface area contributed by atoms with Gasteiger partial charge >= 0.3 is 0 Å². The molecule has 3 rings (SSSR count). The lowest BCUT2D eigenvalue weighted by molar-refractivity contribution is 0.176. The molecular formula is C16H22N4O2S. The smallest absolute Gasteiger partial charge is 0.195 e. The van der Waals surface area contributed by atoms with Crippen molar-refractivity contribution in [3.63, 3.8) is 0 Å². The van der Waals surface area contributed by atoms with Crippen LogP contribution < -0.4 is 10.1 Å². The summed E-state index contributed by atoms with van der Waals surface area (Å²) in [5.41, 5.74) is 0.961. The first-order valence-electron chi connectivity index (χ1n) is 7.77. The molecule has 7 heteroatoms. The first kappa shape index (κ1) is 16.3. The van der Waals surface area contributed by atoms with E-state index in [1.807, 2.05) is 35.9 Å². The van der Waals surface area contributed by atoms with E-state index in [9.17, 15) is 5.11 Å². The summed E-state index contributed by atoms with van der Waals surface area (Å²) < 4.78 is 7.33. The zero-order valence-electron chi connectivity index (χ0n) is 13.4. The number of thioether (sulfide) groups is 1. The Morgan fingerprint density at radius 2 is 2.26 bits per heavy atom. The summed E-state index contributed by atoms with van der Waals surface area (Å²) in [5, 5.41) is 22.6. The quantitative estimate of drug-likeness (QED) is 0.718. The summed E-state index contributed by atoms with van der Waals surface area (Å²) >= 11 is 1.55. The van der Waals surface area contributed by atoms with Crippen molar-refractivity contribution in [1.29, 1.82) is 0 Å². The second kappa shape index (κ2) is 7.33. The van der Waals surface area contributed by atoms with Crippen LogP contribution in [0.3, 0.4) is 0 Å². The minimum atomic E-state index is -0.261. The van der Waals surface area contributed by atoms with Gasteiger partial charge in [-0.2, -0.15) is 0 Å². The van der Waals surface area contributed by atoms with Gasteiger partial charge in [-0.15, -0.1) is 10.2 Å². The van der Waals surface area contributed by atoms with Crippen LogP contribution in [0.1, 0.15) is 18.7 Å². The molecule has 2 N–H and O–H groups in total. The van der Waals surface area contributed by atoms with E-state index in [0.717, 1.165) is 35.3 Å². The third kappa shape index (κ3) is 3.85. The average Bonchev–Trinajstić information content (AvgIpc) is 3.35. The van der Waals surface area contributed by atoms with Gasteiger partial charge in [0.1, 0.15) is 5.75 Å². The molecule has 1 atom stereocenters. The number of hydrogen-bond acceptors (Lipinski definition) is 6. The molecule has 1 saturated carbocycles. The number of benzene rings is 1. The highest BCUT2D eigenvalue weighted by Crippen LogP contribution is 2.35. The van der Waals surface area contributed by atoms with Crippen LogP contribution in [0.5, 0.6) is 5.75 Å². The van der Waals surface area contributed by atoms with Crippen molar-refractivity contribution in [1.82, 2.24) is 20.1 Å². The lowest BCUT2D eigenvalue weighted by Gasteiger charge is -2.12. The molecule has 1 aromatic carbocycles. The number of nitrogens with one attached hydrogen (secondary N) is 1. The monoisotopic (exact) mass is 334 g/mol. The Balaban J connectivity index is 1.86. The number of methoxy groups -OCH3 is 1. The summed E-state index contributed by atoms with van der Waals surface area (Å²) in [7, 11) is 3.54. The van der Waals surface area contributed by atoms with E-state index in [0.29, 0.717) is 18.2 Å². The van der Waals surface area contributed by atoms with Crippen molar-refractivity contribution in [3.8, 4) is 11.4 Å². The van der Waals surface area contributed by atoms with Crippen LogP contribution in [0.4, 0.5) is 0 Å². The maximum Gasteiger partial charge on any atom is 0.195 e. The molecule has 1 heterocycles. The number of aliphatic hydroxyl groups excluding tert-OH is 1. The topological polar surface area (TPSA) is 72.2 Å². The van der Waals surface area contributed by atoms with E-state index >= 15 is 0 Å². The van der Waals surface area contributed by atoms with Crippen LogP contribution >= 0.6 is 11.8 Å². The Morgan fingerprint density at radius 3 is 2.96 bits per heavy atom. The molecule has 0 spiro atoms. The summed E-state index contributed by atoms with van der Waals surface area (Å²) in [4.78, 5) is 0. The lowest BCUT2D eigenvalue weighted by Crippen LogP contribution is -2.14. The second-order valence-electron chi connectivity index (χ2n) is 5.68. The van der Waals surface area contributed by atoms with Crippen molar-refractivity contribution >= 4 is 11.8 Å². The lowest BCUT2D eigenvalue weighted by atomic mass is 10.3. The minimum Gasteiger partial charge on any atom is -0.497 e. The highest BCUT2D eigenvalue weighted by atomic mass is 32.2. The van der Waals surface area contributed by atoms with Crippen molar-refractivity contribution in [2.45, 2.75) is 30.6 Å². The Bertz CT molecular complexity index is 657. The Kier molecular flexibility index (Phi) is 5.20. The van der Waals surface area contributed by atoms with Gasteiger partial charge in [0.15, 0.2) is 11.0 Å². The third-order valence-corrected chi connectivity index (χ3v) is 4.93. The molecule has 23 heavy (non-hydrogen) atoms. The molecule has 1 aromatic heterocycles. The SMILES string of the molecule is CNCc1nnc(SC[C@H](O)C2CC2)n1-c1cccc(OC)c1. The van der Waals surface area contributed by atoms with E-state index in [4.69, 9.17) is 4.74 Å². The number of ether oxygens (including phenoxy) is 1. The van der Waals surface area contributed by atoms with Crippen LogP contribution in [0.15, 0.2) is 29.4 Å². The van der Waals surface area contributed by atoms with Crippen molar-refractivity contribution in [3.05, 3.63) is 30.1 Å². The zero-order chi connectivity index (χ0) is 16.2. The molecule has 2 aromatic rings. The van der Waals surface area contributed by atoms with Gasteiger partial charge < -0.3 is 15.2 Å². The third-order valence-electron chi connectivity index (χ3n) is 3.90. The van der Waals surface area contributed by atoms with Gasteiger partial charge in [-0.25, -0.2) is 0 Å². The van der Waals surface area contributed by atoms with Gasteiger partial charge in [-0.05, 0) is 37.9 Å². The highest BCUT2D eigenvalue weighted by molar-refractivity contribution is 7.99. The van der Waals surface area contributed by atoms with E-state index in [1.54, 1.807) is 18.9 Å². The highest BCUT2D eigenvalue weighted by Gasteiger charge is 2.30. The molecule has 0 aliphatic heterocycles. The largest absolute Gasteiger partial charge is 0.497 e. The van der Waals surface area contributed by atoms with Crippen LogP contribution in [0, 0.1) is 5.92 Å². The Hall–Kier alpha value is -1.57. The molecule has 124 valence electrons. The summed E-state index contributed by atoms with van der Waals surface area (Å²) in [6.07, 6.45) is 2.01. The van der Waals surface area contributed by atoms with Gasteiger partial charge in [0.25, 0.3) is 0 Å². The molecule has 0 saturated heterocycles. The first-order valence-corrected chi connectivity index (χ1v) is 8.75. The number of aliphatic hydroxyl groups is 1. The first-order chi connectivity index (χ1) is 11.2. The standard InChI is InChI=1S/C16H22N4O2S/c1-17-9-15-18-19-16(23-10-14(21)11-6-7-11)20(15)12-4-3-5-13(8-12)22-2/h3-5,8,11,14,17,21H,6-7,9-10H2,1-2H3/t14-/m0/s1. The molecule has 1 aliphatic rings. The molecule has 0 amide bonds. The molecule has 0 radical (unpaired) electrons. The number of hydrogen-bond donors (Lipinski definition) is 2. The predicted octanol–water partition coefficient (Wildman–Crippen LogP) is 1.86. The van der Waals surface area contributed by atoms with Crippen molar-refractivity contribution < 1.29 is 9.84 Å². The maximum absolute atomic E-state index is 10.1. The van der Waals surface area contributed by atoms with E-state index < -0.39 is 0 Å². The van der Waals surface area contributed by atoms with Crippen molar-refractivity contribution in [2.24, 2.45) is 5.92 Å². The molecular weight excluding hydrogens is 312 g/mol. The van der Waals surface area contributed by atoms with Crippen LogP contribution in [-0.2, 0) is 6.54 Å². The molecule has 1 fully saturated rings. The van der Waals surface area contributed by atoms with E-state index in [-0.39, 0.29) is 6.10 Å². The predicted molar refractivity (Wildman–Crippen MR) is 90.1 cm³/mol. The molecule has 6 nitrogen and oxygen atoms in total. The fourth-order valence-corrected chi connectivity index (χ4v) is 3.48. The van der Waals surface area contributed by atoms with Crippen LogP contribution in [-0.4, -0.2) is 45.9 Å². The Morgan fingerprint density at radius 1 is 1.43 bits per heavy atom. The van der Waals surface area contributed by atoms with E-state index in [2.05, 4.69) is 15.5 Å². The number of rotatable bonds is 8. The van der Waals surface area contributed by atoms with Gasteiger partial charge in [0, 0.05) is 11.8 Å². The summed E-state index contributed by atoms with van der Waals surface area (Å²) in [5.74, 6) is 2.74. The van der Waals surface area contributed by atoms with Gasteiger partial charge in [0.05, 0.1) is 25.4 Å². The molecule has 1 aliphatic carbocycles. The van der Waals surface area contributed by atoms with Gasteiger partial charge in [0.2, 0.25) is 0 Å². The van der Waals surface area contributed by atoms with Crippen LogP contribution in [0.2, 0.25) is 0 Å². The zero-order valence-corrected chi connectivity index (χ0v) is 14.2. The van der Waals surface area contributed by atoms with Crippen LogP contribution in [0.25, 0.3) is 5.69 Å². The van der Waals surface area contributed by atoms with Crippen molar-refractivity contribution in [2.75, 3.05) is 19.9 Å². The summed E-state index contributed by atoms with van der Waals surface area (Å²) in [6, 6.07) is 7.83. The number of nitrogens with zero attached hydrogens (tertiary/aromatic N) is 3. The fraction of sp³-hybridized carbons (Fsp3) is 0.500. The van der Waals surface area contributed by atoms with E-state index in [1.165, 1.54) is 0 Å². The fourth-order valence-electron chi connectivity index (χ4n) is 2.45. The molecule has 0 unspecified atom stereocenters. The minimum absolute atomic E-state index is 0.261. The van der Waals surface area contributed by atoms with Gasteiger partial charge in [-0.3, -0.25) is 4.57 Å². The summed E-state index contributed by atoms with van der Waals surface area (Å²) in [6.45, 7) is 0.621. The number of aromatic nitrogens is 3. The average molecular weight is 334 g/mol. The maximum atomic E-state index is 10.1. The normalized spacial score (nSPS) is 15.6. The second-order valence-corrected chi connectivity index (χ2v) is 6.67.